The third-order valence-electron chi connectivity index (χ3n) is 3.52. The van der Waals surface area contributed by atoms with Crippen molar-refractivity contribution in [3.05, 3.63) is 53.6 Å². The number of aryl methyl sites for hydroxylation is 1. The van der Waals surface area contributed by atoms with Gasteiger partial charge in [-0.15, -0.1) is 11.8 Å². The fraction of sp³-hybridized carbons (Fsp3) is 0.250. The Balaban J connectivity index is 1.76. The highest BCUT2D eigenvalue weighted by Crippen LogP contribution is 2.32. The molecule has 2 aromatic rings. The fourth-order valence-electron chi connectivity index (χ4n) is 2.25. The number of anilines is 1. The number of benzene rings is 2. The van der Waals surface area contributed by atoms with E-state index >= 15 is 0 Å². The number of hydrogen-bond acceptors (Lipinski definition) is 4. The van der Waals surface area contributed by atoms with E-state index in [9.17, 15) is 8.42 Å². The molecule has 116 valence electrons. The number of fused-ring (bicyclic) bond motifs is 1. The Morgan fingerprint density at radius 3 is 2.73 bits per heavy atom. The molecule has 0 spiro atoms. The molecular weight excluding hydrogens is 316 g/mol. The molecular formula is C16H18N2O2S2. The number of nitrogens with one attached hydrogen (secondary N) is 2. The zero-order valence-corrected chi connectivity index (χ0v) is 13.9. The van der Waals surface area contributed by atoms with Crippen LogP contribution in [0.25, 0.3) is 0 Å². The quantitative estimate of drug-likeness (QED) is 0.902. The van der Waals surface area contributed by atoms with Crippen LogP contribution in [0, 0.1) is 6.92 Å². The molecule has 1 aliphatic rings. The summed E-state index contributed by atoms with van der Waals surface area (Å²) in [7, 11) is -3.50. The number of hydrogen-bond donors (Lipinski definition) is 2. The van der Waals surface area contributed by atoms with Gasteiger partial charge in [-0.1, -0.05) is 29.8 Å². The lowest BCUT2D eigenvalue weighted by atomic mass is 10.2. The van der Waals surface area contributed by atoms with Gasteiger partial charge in [-0.05, 0) is 30.7 Å². The van der Waals surface area contributed by atoms with Crippen molar-refractivity contribution in [3.8, 4) is 0 Å². The summed E-state index contributed by atoms with van der Waals surface area (Å²) in [4.78, 5) is 1.40. The first-order valence-corrected chi connectivity index (χ1v) is 9.57. The van der Waals surface area contributed by atoms with Gasteiger partial charge in [0.05, 0.1) is 4.90 Å². The molecule has 0 fully saturated rings. The van der Waals surface area contributed by atoms with Gasteiger partial charge < -0.3 is 5.32 Å². The van der Waals surface area contributed by atoms with Gasteiger partial charge in [-0.2, -0.15) is 0 Å². The molecule has 6 heteroatoms. The largest absolute Gasteiger partial charge is 0.383 e. The fourth-order valence-corrected chi connectivity index (χ4v) is 4.17. The van der Waals surface area contributed by atoms with E-state index < -0.39 is 10.0 Å². The van der Waals surface area contributed by atoms with E-state index in [0.29, 0.717) is 11.4 Å². The van der Waals surface area contributed by atoms with Crippen LogP contribution in [0.15, 0.2) is 52.3 Å². The van der Waals surface area contributed by atoms with Crippen molar-refractivity contribution in [2.45, 2.75) is 23.3 Å². The van der Waals surface area contributed by atoms with Crippen LogP contribution in [-0.2, 0) is 16.6 Å². The van der Waals surface area contributed by atoms with Gasteiger partial charge in [0.15, 0.2) is 0 Å². The predicted octanol–water partition coefficient (Wildman–Crippen LogP) is 2.99. The van der Waals surface area contributed by atoms with Crippen LogP contribution in [0.1, 0.15) is 11.1 Å². The Morgan fingerprint density at radius 2 is 1.95 bits per heavy atom. The summed E-state index contributed by atoms with van der Waals surface area (Å²) < 4.78 is 27.5. The third kappa shape index (κ3) is 3.45. The monoisotopic (exact) mass is 334 g/mol. The number of thioether (sulfide) groups is 1. The molecule has 0 aliphatic carbocycles. The molecule has 0 unspecified atom stereocenters. The number of sulfonamides is 1. The average molecular weight is 334 g/mol. The first kappa shape index (κ1) is 15.4. The molecule has 0 amide bonds. The maximum Gasteiger partial charge on any atom is 0.240 e. The summed E-state index contributed by atoms with van der Waals surface area (Å²) in [5.41, 5.74) is 3.00. The molecule has 1 aliphatic heterocycles. The second-order valence-electron chi connectivity index (χ2n) is 5.24. The van der Waals surface area contributed by atoms with Crippen molar-refractivity contribution in [1.29, 1.82) is 0 Å². The summed E-state index contributed by atoms with van der Waals surface area (Å²) >= 11 is 1.74. The highest BCUT2D eigenvalue weighted by Gasteiger charge is 2.17. The topological polar surface area (TPSA) is 58.2 Å². The molecule has 0 aromatic heterocycles. The van der Waals surface area contributed by atoms with E-state index in [1.807, 2.05) is 37.3 Å². The Bertz CT molecular complexity index is 771. The smallest absolute Gasteiger partial charge is 0.240 e. The first-order valence-electron chi connectivity index (χ1n) is 7.10. The van der Waals surface area contributed by atoms with E-state index in [2.05, 4.69) is 10.0 Å². The standard InChI is InChI=1S/C16H18N2O2S2/c1-12-2-4-13(5-3-12)11-18-22(19,20)14-6-7-16-15(10-14)17-8-9-21-16/h2-7,10,17-18H,8-9,11H2,1H3. The van der Waals surface area contributed by atoms with Crippen molar-refractivity contribution >= 4 is 27.5 Å². The van der Waals surface area contributed by atoms with Crippen molar-refractivity contribution in [1.82, 2.24) is 4.72 Å². The summed E-state index contributed by atoms with van der Waals surface area (Å²) in [6.45, 7) is 3.16. The van der Waals surface area contributed by atoms with Crippen molar-refractivity contribution in [2.24, 2.45) is 0 Å². The zero-order chi connectivity index (χ0) is 15.6. The van der Waals surface area contributed by atoms with Crippen LogP contribution < -0.4 is 10.0 Å². The van der Waals surface area contributed by atoms with Crippen LogP contribution in [0.3, 0.4) is 0 Å². The lowest BCUT2D eigenvalue weighted by molar-refractivity contribution is 0.581. The highest BCUT2D eigenvalue weighted by molar-refractivity contribution is 7.99. The average Bonchev–Trinajstić information content (AvgIpc) is 2.54. The van der Waals surface area contributed by atoms with E-state index in [0.717, 1.165) is 34.0 Å². The molecule has 3 rings (SSSR count). The van der Waals surface area contributed by atoms with Crippen LogP contribution in [-0.4, -0.2) is 20.7 Å². The zero-order valence-electron chi connectivity index (χ0n) is 12.3. The summed E-state index contributed by atoms with van der Waals surface area (Å²) in [5.74, 6) is 1.00. The molecule has 1 heterocycles. The minimum absolute atomic E-state index is 0.294. The second kappa shape index (κ2) is 6.32. The molecule has 22 heavy (non-hydrogen) atoms. The van der Waals surface area contributed by atoms with Gasteiger partial charge in [0, 0.05) is 29.4 Å². The van der Waals surface area contributed by atoms with Crippen molar-refractivity contribution in [3.63, 3.8) is 0 Å². The molecule has 0 saturated carbocycles. The normalized spacial score (nSPS) is 14.2. The van der Waals surface area contributed by atoms with Gasteiger partial charge in [-0.25, -0.2) is 13.1 Å². The van der Waals surface area contributed by atoms with E-state index in [4.69, 9.17) is 0 Å². The van der Waals surface area contributed by atoms with Crippen LogP contribution in [0.2, 0.25) is 0 Å². The van der Waals surface area contributed by atoms with Crippen LogP contribution in [0.4, 0.5) is 5.69 Å². The lowest BCUT2D eigenvalue weighted by Gasteiger charge is -2.18. The van der Waals surface area contributed by atoms with E-state index in [-0.39, 0.29) is 0 Å². The molecule has 0 saturated heterocycles. The van der Waals surface area contributed by atoms with Gasteiger partial charge in [0.2, 0.25) is 10.0 Å². The molecule has 2 N–H and O–H groups in total. The Kier molecular flexibility index (Phi) is 4.42. The van der Waals surface area contributed by atoms with E-state index in [1.165, 1.54) is 0 Å². The Hall–Kier alpha value is -1.50. The van der Waals surface area contributed by atoms with Crippen molar-refractivity contribution in [2.75, 3.05) is 17.6 Å². The molecule has 2 aromatic carbocycles. The Labute approximate surface area is 135 Å². The van der Waals surface area contributed by atoms with Gasteiger partial charge >= 0.3 is 0 Å². The first-order chi connectivity index (χ1) is 10.5. The maximum atomic E-state index is 12.4. The SMILES string of the molecule is Cc1ccc(CNS(=O)(=O)c2ccc3c(c2)NCCS3)cc1. The summed E-state index contributed by atoms with van der Waals surface area (Å²) in [6, 6.07) is 13.1. The molecule has 0 atom stereocenters. The lowest BCUT2D eigenvalue weighted by Crippen LogP contribution is -2.23. The van der Waals surface area contributed by atoms with Gasteiger partial charge in [-0.3, -0.25) is 0 Å². The van der Waals surface area contributed by atoms with Gasteiger partial charge in [0.1, 0.15) is 0 Å². The van der Waals surface area contributed by atoms with Crippen LogP contribution >= 0.6 is 11.8 Å². The second-order valence-corrected chi connectivity index (χ2v) is 8.15. The summed E-state index contributed by atoms with van der Waals surface area (Å²) in [6.07, 6.45) is 0. The minimum atomic E-state index is -3.50. The maximum absolute atomic E-state index is 12.4. The van der Waals surface area contributed by atoms with Crippen LogP contribution in [0.5, 0.6) is 0 Å². The molecule has 0 radical (unpaired) electrons. The van der Waals surface area contributed by atoms with Crippen molar-refractivity contribution < 1.29 is 8.42 Å². The minimum Gasteiger partial charge on any atom is -0.383 e. The number of rotatable bonds is 4. The molecule has 4 nitrogen and oxygen atoms in total. The Morgan fingerprint density at radius 1 is 1.18 bits per heavy atom. The molecule has 0 bridgehead atoms. The highest BCUT2D eigenvalue weighted by atomic mass is 32.2. The third-order valence-corrected chi connectivity index (χ3v) is 6.00. The van der Waals surface area contributed by atoms with Gasteiger partial charge in [0.25, 0.3) is 0 Å². The summed E-state index contributed by atoms with van der Waals surface area (Å²) in [5, 5.41) is 3.24. The van der Waals surface area contributed by atoms with E-state index in [1.54, 1.807) is 23.9 Å². The predicted molar refractivity (Wildman–Crippen MR) is 90.9 cm³/mol.